The number of rotatable bonds is 8. The maximum absolute atomic E-state index is 10.2. The molecule has 1 aromatic carbocycles. The predicted octanol–water partition coefficient (Wildman–Crippen LogP) is 3.06. The molecule has 2 rings (SSSR count). The van der Waals surface area contributed by atoms with Crippen LogP contribution in [0.15, 0.2) is 36.4 Å². The Labute approximate surface area is 144 Å². The maximum Gasteiger partial charge on any atom is 0.163 e. The first-order valence-corrected chi connectivity index (χ1v) is 8.32. The van der Waals surface area contributed by atoms with Crippen LogP contribution in [0.4, 0.5) is 0 Å². The molecule has 24 heavy (non-hydrogen) atoms. The van der Waals surface area contributed by atoms with E-state index in [1.54, 1.807) is 13.2 Å². The van der Waals surface area contributed by atoms with E-state index in [0.717, 1.165) is 11.3 Å². The maximum atomic E-state index is 10.2. The highest BCUT2D eigenvalue weighted by molar-refractivity contribution is 5.26. The molecule has 0 amide bonds. The van der Waals surface area contributed by atoms with Crippen LogP contribution in [0.3, 0.4) is 0 Å². The fourth-order valence-corrected chi connectivity index (χ4v) is 2.79. The average molecular weight is 336 g/mol. The van der Waals surface area contributed by atoms with Crippen LogP contribution in [0, 0.1) is 0 Å². The molecule has 0 aliphatic carbocycles. The number of ether oxygens (including phenoxy) is 4. The number of hydrogen-bond acceptors (Lipinski definition) is 5. The van der Waals surface area contributed by atoms with E-state index in [9.17, 15) is 5.11 Å². The van der Waals surface area contributed by atoms with Crippen molar-refractivity contribution in [3.8, 4) is 5.75 Å². The summed E-state index contributed by atoms with van der Waals surface area (Å²) in [5, 5.41) is 10.2. The van der Waals surface area contributed by atoms with Crippen LogP contribution in [-0.4, -0.2) is 42.9 Å². The van der Waals surface area contributed by atoms with Gasteiger partial charge in [0.15, 0.2) is 5.79 Å². The Balaban J connectivity index is 1.80. The minimum Gasteiger partial charge on any atom is -0.497 e. The molecule has 3 atom stereocenters. The molecule has 1 heterocycles. The Morgan fingerprint density at radius 3 is 2.58 bits per heavy atom. The SMILES string of the molecule is C/C=C/C(O)[C@H]1OC(C)(C)O[C@H]1CCOCc1ccc(OC)cc1. The minimum atomic E-state index is -0.687. The van der Waals surface area contributed by atoms with Crippen molar-refractivity contribution in [1.82, 2.24) is 0 Å². The summed E-state index contributed by atoms with van der Waals surface area (Å²) in [6.45, 7) is 6.66. The van der Waals surface area contributed by atoms with E-state index in [1.165, 1.54) is 0 Å². The molecular formula is C19H28O5. The van der Waals surface area contributed by atoms with Crippen molar-refractivity contribution in [2.45, 2.75) is 57.9 Å². The summed E-state index contributed by atoms with van der Waals surface area (Å²) in [5.41, 5.74) is 1.09. The third-order valence-electron chi connectivity index (χ3n) is 3.92. The second-order valence-corrected chi connectivity index (χ2v) is 6.34. The van der Waals surface area contributed by atoms with E-state index in [1.807, 2.05) is 51.1 Å². The van der Waals surface area contributed by atoms with Crippen molar-refractivity contribution in [2.75, 3.05) is 13.7 Å². The molecule has 1 aromatic rings. The smallest absolute Gasteiger partial charge is 0.163 e. The number of benzene rings is 1. The van der Waals surface area contributed by atoms with Crippen molar-refractivity contribution in [3.63, 3.8) is 0 Å². The molecule has 5 heteroatoms. The fourth-order valence-electron chi connectivity index (χ4n) is 2.79. The molecule has 1 unspecified atom stereocenters. The zero-order valence-corrected chi connectivity index (χ0v) is 14.9. The first-order valence-electron chi connectivity index (χ1n) is 8.32. The van der Waals surface area contributed by atoms with Gasteiger partial charge < -0.3 is 24.1 Å². The minimum absolute atomic E-state index is 0.193. The standard InChI is InChI=1S/C19H28O5/c1-5-6-16(20)18-17(23-19(2,3)24-18)11-12-22-13-14-7-9-15(21-4)10-8-14/h5-10,16-18,20H,11-13H2,1-4H3/b6-5+/t16?,17-,18+/m0/s1. The van der Waals surface area contributed by atoms with Gasteiger partial charge >= 0.3 is 0 Å². The van der Waals surface area contributed by atoms with Crippen molar-refractivity contribution in [2.24, 2.45) is 0 Å². The van der Waals surface area contributed by atoms with Gasteiger partial charge in [0.05, 0.1) is 19.8 Å². The Bertz CT molecular complexity index is 523. The lowest BCUT2D eigenvalue weighted by molar-refractivity contribution is -0.153. The first-order chi connectivity index (χ1) is 11.4. The van der Waals surface area contributed by atoms with Gasteiger partial charge in [-0.15, -0.1) is 0 Å². The van der Waals surface area contributed by atoms with Crippen molar-refractivity contribution >= 4 is 0 Å². The summed E-state index contributed by atoms with van der Waals surface area (Å²) in [5.74, 6) is 0.145. The van der Waals surface area contributed by atoms with Crippen LogP contribution in [0.1, 0.15) is 32.8 Å². The highest BCUT2D eigenvalue weighted by Gasteiger charge is 2.43. The summed E-state index contributed by atoms with van der Waals surface area (Å²) < 4.78 is 22.6. The lowest BCUT2D eigenvalue weighted by Crippen LogP contribution is -2.34. The van der Waals surface area contributed by atoms with Crippen LogP contribution >= 0.6 is 0 Å². The van der Waals surface area contributed by atoms with Crippen molar-refractivity contribution in [3.05, 3.63) is 42.0 Å². The molecule has 0 aromatic heterocycles. The zero-order chi connectivity index (χ0) is 17.6. The van der Waals surface area contributed by atoms with E-state index < -0.39 is 11.9 Å². The Kier molecular flexibility index (Phi) is 6.80. The van der Waals surface area contributed by atoms with Gasteiger partial charge in [0, 0.05) is 6.61 Å². The predicted molar refractivity (Wildman–Crippen MR) is 91.9 cm³/mol. The quantitative estimate of drug-likeness (QED) is 0.584. The number of allylic oxidation sites excluding steroid dienone is 1. The van der Waals surface area contributed by atoms with Gasteiger partial charge in [0.25, 0.3) is 0 Å². The molecule has 1 fully saturated rings. The van der Waals surface area contributed by atoms with Gasteiger partial charge in [-0.25, -0.2) is 0 Å². The molecule has 5 nitrogen and oxygen atoms in total. The van der Waals surface area contributed by atoms with Gasteiger partial charge in [0.1, 0.15) is 18.0 Å². The van der Waals surface area contributed by atoms with Crippen LogP contribution in [0.5, 0.6) is 5.75 Å². The van der Waals surface area contributed by atoms with Gasteiger partial charge in [-0.05, 0) is 44.9 Å². The molecule has 1 aliphatic rings. The van der Waals surface area contributed by atoms with Gasteiger partial charge in [0.2, 0.25) is 0 Å². The molecule has 134 valence electrons. The Morgan fingerprint density at radius 2 is 1.96 bits per heavy atom. The average Bonchev–Trinajstić information content (AvgIpc) is 2.87. The van der Waals surface area contributed by atoms with Crippen LogP contribution in [0.2, 0.25) is 0 Å². The summed E-state index contributed by atoms with van der Waals surface area (Å²) in [4.78, 5) is 0. The topological polar surface area (TPSA) is 57.2 Å². The van der Waals surface area contributed by atoms with E-state index in [-0.39, 0.29) is 12.2 Å². The van der Waals surface area contributed by atoms with E-state index in [4.69, 9.17) is 18.9 Å². The normalized spacial score (nSPS) is 24.4. The molecule has 0 radical (unpaired) electrons. The largest absolute Gasteiger partial charge is 0.497 e. The van der Waals surface area contributed by atoms with Crippen molar-refractivity contribution in [1.29, 1.82) is 0 Å². The highest BCUT2D eigenvalue weighted by Crippen LogP contribution is 2.32. The molecule has 0 saturated carbocycles. The molecule has 1 N–H and O–H groups in total. The molecule has 1 aliphatic heterocycles. The van der Waals surface area contributed by atoms with Gasteiger partial charge in [-0.3, -0.25) is 0 Å². The lowest BCUT2D eigenvalue weighted by atomic mass is 10.1. The van der Waals surface area contributed by atoms with Crippen LogP contribution < -0.4 is 4.74 Å². The molecular weight excluding hydrogens is 308 g/mol. The first kappa shape index (κ1) is 18.9. The molecule has 0 spiro atoms. The van der Waals surface area contributed by atoms with Gasteiger partial charge in [-0.1, -0.05) is 24.3 Å². The Hall–Kier alpha value is -1.40. The third-order valence-corrected chi connectivity index (χ3v) is 3.92. The zero-order valence-electron chi connectivity index (χ0n) is 14.9. The van der Waals surface area contributed by atoms with E-state index >= 15 is 0 Å². The van der Waals surface area contributed by atoms with E-state index in [2.05, 4.69) is 0 Å². The fraction of sp³-hybridized carbons (Fsp3) is 0.579. The monoisotopic (exact) mass is 336 g/mol. The summed E-state index contributed by atoms with van der Waals surface area (Å²) >= 11 is 0. The molecule has 0 bridgehead atoms. The van der Waals surface area contributed by atoms with Gasteiger partial charge in [-0.2, -0.15) is 0 Å². The third kappa shape index (κ3) is 5.31. The van der Waals surface area contributed by atoms with Crippen LogP contribution in [-0.2, 0) is 20.8 Å². The summed E-state index contributed by atoms with van der Waals surface area (Å²) in [6, 6.07) is 7.79. The summed E-state index contributed by atoms with van der Waals surface area (Å²) in [7, 11) is 1.65. The second kappa shape index (κ2) is 8.62. The number of aliphatic hydroxyl groups excluding tert-OH is 1. The molecule has 1 saturated heterocycles. The summed E-state index contributed by atoms with van der Waals surface area (Å²) in [6.07, 6.45) is 2.96. The van der Waals surface area contributed by atoms with Crippen LogP contribution in [0.25, 0.3) is 0 Å². The van der Waals surface area contributed by atoms with Crippen molar-refractivity contribution < 1.29 is 24.1 Å². The number of methoxy groups -OCH3 is 1. The highest BCUT2D eigenvalue weighted by atomic mass is 16.8. The second-order valence-electron chi connectivity index (χ2n) is 6.34. The Morgan fingerprint density at radius 1 is 1.25 bits per heavy atom. The van der Waals surface area contributed by atoms with E-state index in [0.29, 0.717) is 19.6 Å². The lowest BCUT2D eigenvalue weighted by Gasteiger charge is -2.20. The number of aliphatic hydroxyl groups is 1. The number of hydrogen-bond donors (Lipinski definition) is 1.